The second kappa shape index (κ2) is 9.19. The van der Waals surface area contributed by atoms with Crippen LogP contribution >= 0.6 is 0 Å². The van der Waals surface area contributed by atoms with E-state index in [-0.39, 0.29) is 6.61 Å². The quantitative estimate of drug-likeness (QED) is 0.562. The summed E-state index contributed by atoms with van der Waals surface area (Å²) in [5.41, 5.74) is -0.457. The van der Waals surface area contributed by atoms with E-state index < -0.39 is 47.7 Å². The number of carbonyl (C=O) groups is 2. The van der Waals surface area contributed by atoms with Crippen molar-refractivity contribution in [1.29, 1.82) is 0 Å². The number of halogens is 3. The fourth-order valence-electron chi connectivity index (χ4n) is 1.65. The Bertz CT molecular complexity index is 512. The monoisotopic (exact) mass is 317 g/mol. The smallest absolute Gasteiger partial charge is 0.227 e. The number of unbranched alkanes of at least 4 members (excludes halogenated alkanes) is 1. The van der Waals surface area contributed by atoms with E-state index in [2.05, 4.69) is 5.32 Å². The molecule has 0 aliphatic rings. The maximum absolute atomic E-state index is 13.3. The number of hydrogen-bond acceptors (Lipinski definition) is 3. The molecule has 122 valence electrons. The van der Waals surface area contributed by atoms with Crippen molar-refractivity contribution in [3.05, 3.63) is 35.1 Å². The van der Waals surface area contributed by atoms with Crippen molar-refractivity contribution in [2.24, 2.45) is 0 Å². The Morgan fingerprint density at radius 2 is 1.82 bits per heavy atom. The van der Waals surface area contributed by atoms with Crippen LogP contribution in [0.15, 0.2) is 12.1 Å². The number of ether oxygens (including phenoxy) is 1. The van der Waals surface area contributed by atoms with E-state index in [0.717, 1.165) is 12.8 Å². The standard InChI is InChI=1S/C15H18F3NO3/c1-2-3-4-22-9-11(20)7-15(21)19-8-12-13(17)5-10(16)6-14(12)18/h5-6H,2-4,7-9H2,1H3,(H,19,21). The van der Waals surface area contributed by atoms with Crippen molar-refractivity contribution in [3.63, 3.8) is 0 Å². The highest BCUT2D eigenvalue weighted by molar-refractivity contribution is 5.98. The molecule has 0 saturated heterocycles. The molecule has 0 radical (unpaired) electrons. The molecule has 7 heteroatoms. The number of carbonyl (C=O) groups excluding carboxylic acids is 2. The number of Topliss-reactive ketones (excluding diaryl/α,β-unsaturated/α-hetero) is 1. The summed E-state index contributed by atoms with van der Waals surface area (Å²) in [6.07, 6.45) is 1.32. The summed E-state index contributed by atoms with van der Waals surface area (Å²) in [5, 5.41) is 2.21. The Labute approximate surface area is 126 Å². The average molecular weight is 317 g/mol. The Hall–Kier alpha value is -1.89. The summed E-state index contributed by atoms with van der Waals surface area (Å²) in [6.45, 7) is 1.79. The Morgan fingerprint density at radius 3 is 2.41 bits per heavy atom. The van der Waals surface area contributed by atoms with Crippen LogP contribution in [0, 0.1) is 17.5 Å². The molecule has 0 unspecified atom stereocenters. The Kier molecular flexibility index (Phi) is 7.59. The molecule has 0 fully saturated rings. The number of benzene rings is 1. The zero-order chi connectivity index (χ0) is 16.5. The molecule has 0 atom stereocenters. The van der Waals surface area contributed by atoms with Gasteiger partial charge in [-0.25, -0.2) is 13.2 Å². The molecule has 1 N–H and O–H groups in total. The summed E-state index contributed by atoms with van der Waals surface area (Å²) in [5.74, 6) is -4.32. The molecule has 4 nitrogen and oxygen atoms in total. The molecule has 1 aromatic carbocycles. The van der Waals surface area contributed by atoms with Crippen molar-refractivity contribution >= 4 is 11.7 Å². The molecular formula is C15H18F3NO3. The highest BCUT2D eigenvalue weighted by Gasteiger charge is 2.14. The third-order valence-electron chi connectivity index (χ3n) is 2.83. The van der Waals surface area contributed by atoms with E-state index in [1.807, 2.05) is 6.92 Å². The van der Waals surface area contributed by atoms with Gasteiger partial charge in [-0.05, 0) is 6.42 Å². The van der Waals surface area contributed by atoms with Crippen LogP contribution in [0.2, 0.25) is 0 Å². The van der Waals surface area contributed by atoms with E-state index in [4.69, 9.17) is 4.74 Å². The van der Waals surface area contributed by atoms with Crippen LogP contribution in [-0.2, 0) is 20.9 Å². The lowest BCUT2D eigenvalue weighted by Gasteiger charge is -2.08. The minimum atomic E-state index is -1.09. The fourth-order valence-corrected chi connectivity index (χ4v) is 1.65. The van der Waals surface area contributed by atoms with E-state index >= 15 is 0 Å². The highest BCUT2D eigenvalue weighted by Crippen LogP contribution is 2.14. The van der Waals surface area contributed by atoms with E-state index in [1.165, 1.54) is 0 Å². The molecule has 1 amide bonds. The molecule has 1 rings (SSSR count). The lowest BCUT2D eigenvalue weighted by atomic mass is 10.2. The van der Waals surface area contributed by atoms with Crippen molar-refractivity contribution in [3.8, 4) is 0 Å². The topological polar surface area (TPSA) is 55.4 Å². The average Bonchev–Trinajstić information content (AvgIpc) is 2.42. The van der Waals surface area contributed by atoms with Crippen molar-refractivity contribution < 1.29 is 27.5 Å². The first-order valence-electron chi connectivity index (χ1n) is 6.93. The van der Waals surface area contributed by atoms with Crippen molar-refractivity contribution in [2.75, 3.05) is 13.2 Å². The van der Waals surface area contributed by atoms with Gasteiger partial charge in [-0.1, -0.05) is 13.3 Å². The van der Waals surface area contributed by atoms with Crippen molar-refractivity contribution in [2.45, 2.75) is 32.7 Å². The highest BCUT2D eigenvalue weighted by atomic mass is 19.1. The molecule has 22 heavy (non-hydrogen) atoms. The SMILES string of the molecule is CCCCOCC(=O)CC(=O)NCc1c(F)cc(F)cc1F. The second-order valence-corrected chi connectivity index (χ2v) is 4.75. The number of hydrogen-bond donors (Lipinski definition) is 1. The van der Waals surface area contributed by atoms with Crippen LogP contribution in [0.4, 0.5) is 13.2 Å². The third kappa shape index (κ3) is 6.26. The maximum atomic E-state index is 13.3. The molecule has 0 spiro atoms. The van der Waals surface area contributed by atoms with Gasteiger partial charge in [0.2, 0.25) is 5.91 Å². The first-order chi connectivity index (χ1) is 10.4. The lowest BCUT2D eigenvalue weighted by Crippen LogP contribution is -2.27. The molecule has 1 aromatic rings. The predicted octanol–water partition coefficient (Wildman–Crippen LogP) is 2.50. The minimum absolute atomic E-state index is 0.174. The summed E-state index contributed by atoms with van der Waals surface area (Å²) < 4.78 is 44.5. The summed E-state index contributed by atoms with van der Waals surface area (Å²) >= 11 is 0. The van der Waals surface area contributed by atoms with Gasteiger partial charge in [0.15, 0.2) is 5.78 Å². The summed E-state index contributed by atoms with van der Waals surface area (Å²) in [7, 11) is 0. The van der Waals surface area contributed by atoms with Gasteiger partial charge in [0.25, 0.3) is 0 Å². The molecule has 0 bridgehead atoms. The van der Waals surface area contributed by atoms with Gasteiger partial charge in [-0.15, -0.1) is 0 Å². The molecule has 0 aromatic heterocycles. The van der Waals surface area contributed by atoms with Gasteiger partial charge in [-0.2, -0.15) is 0 Å². The van der Waals surface area contributed by atoms with Gasteiger partial charge in [-0.3, -0.25) is 9.59 Å². The largest absolute Gasteiger partial charge is 0.374 e. The molecule has 0 saturated carbocycles. The van der Waals surface area contributed by atoms with Crippen LogP contribution in [-0.4, -0.2) is 24.9 Å². The second-order valence-electron chi connectivity index (χ2n) is 4.75. The number of ketones is 1. The van der Waals surface area contributed by atoms with Gasteiger partial charge >= 0.3 is 0 Å². The first kappa shape index (κ1) is 18.2. The molecule has 0 aliphatic heterocycles. The van der Waals surface area contributed by atoms with Gasteiger partial charge in [0.1, 0.15) is 24.1 Å². The zero-order valence-electron chi connectivity index (χ0n) is 12.3. The maximum Gasteiger partial charge on any atom is 0.227 e. The van der Waals surface area contributed by atoms with E-state index in [1.54, 1.807) is 0 Å². The number of amides is 1. The lowest BCUT2D eigenvalue weighted by molar-refractivity contribution is -0.130. The molecular weight excluding hydrogens is 299 g/mol. The predicted molar refractivity (Wildman–Crippen MR) is 73.5 cm³/mol. The third-order valence-corrected chi connectivity index (χ3v) is 2.83. The number of rotatable bonds is 9. The minimum Gasteiger partial charge on any atom is -0.374 e. The zero-order valence-corrected chi connectivity index (χ0v) is 12.3. The normalized spacial score (nSPS) is 10.5. The van der Waals surface area contributed by atoms with Gasteiger partial charge in [0, 0.05) is 30.8 Å². The fraction of sp³-hybridized carbons (Fsp3) is 0.467. The van der Waals surface area contributed by atoms with Crippen LogP contribution < -0.4 is 5.32 Å². The number of nitrogens with one attached hydrogen (secondary N) is 1. The first-order valence-corrected chi connectivity index (χ1v) is 6.93. The van der Waals surface area contributed by atoms with Crippen LogP contribution in [0.3, 0.4) is 0 Å². The van der Waals surface area contributed by atoms with E-state index in [0.29, 0.717) is 18.7 Å². The molecule has 0 heterocycles. The van der Waals surface area contributed by atoms with Crippen LogP contribution in [0.25, 0.3) is 0 Å². The van der Waals surface area contributed by atoms with Crippen LogP contribution in [0.5, 0.6) is 0 Å². The summed E-state index contributed by atoms with van der Waals surface area (Å²) in [4.78, 5) is 22.9. The summed E-state index contributed by atoms with van der Waals surface area (Å²) in [6, 6.07) is 1.05. The van der Waals surface area contributed by atoms with E-state index in [9.17, 15) is 22.8 Å². The van der Waals surface area contributed by atoms with Gasteiger partial charge in [0.05, 0.1) is 6.42 Å². The Morgan fingerprint density at radius 1 is 1.18 bits per heavy atom. The van der Waals surface area contributed by atoms with Gasteiger partial charge < -0.3 is 10.1 Å². The van der Waals surface area contributed by atoms with Crippen molar-refractivity contribution in [1.82, 2.24) is 5.32 Å². The van der Waals surface area contributed by atoms with Crippen LogP contribution in [0.1, 0.15) is 31.7 Å². The Balaban J connectivity index is 2.39. The molecule has 0 aliphatic carbocycles.